The van der Waals surface area contributed by atoms with Crippen molar-refractivity contribution in [3.8, 4) is 11.5 Å². The first kappa shape index (κ1) is 32.8. The summed E-state index contributed by atoms with van der Waals surface area (Å²) < 4.78 is 39.5. The fourth-order valence-corrected chi connectivity index (χ4v) is 6.02. The minimum Gasteiger partial charge on any atom is -0.497 e. The second-order valence-electron chi connectivity index (χ2n) is 9.61. The minimum absolute atomic E-state index is 0.0280. The summed E-state index contributed by atoms with van der Waals surface area (Å²) in [5.41, 5.74) is 0.947. The van der Waals surface area contributed by atoms with Gasteiger partial charge in [-0.1, -0.05) is 50.1 Å². The van der Waals surface area contributed by atoms with E-state index in [0.717, 1.165) is 22.7 Å². The molecule has 0 spiro atoms. The SMILES string of the molecule is CCCCNC(=O)C(CC)N(Cc1cccc(OC)c1)C(=O)CN(c1cccc(Cl)c1)S(=O)(=O)c1ccc(OC)cc1. The molecule has 0 fully saturated rings. The number of hydrogen-bond acceptors (Lipinski definition) is 6. The van der Waals surface area contributed by atoms with Crippen LogP contribution in [0.4, 0.5) is 5.69 Å². The average Bonchev–Trinajstić information content (AvgIpc) is 2.99. The molecular weight excluding hydrogens is 578 g/mol. The highest BCUT2D eigenvalue weighted by Crippen LogP contribution is 2.28. The first-order valence-corrected chi connectivity index (χ1v) is 15.6. The van der Waals surface area contributed by atoms with Crippen LogP contribution < -0.4 is 19.1 Å². The van der Waals surface area contributed by atoms with Crippen molar-refractivity contribution in [2.75, 3.05) is 31.6 Å². The summed E-state index contributed by atoms with van der Waals surface area (Å²) in [4.78, 5) is 28.8. The van der Waals surface area contributed by atoms with Gasteiger partial charge < -0.3 is 19.7 Å². The van der Waals surface area contributed by atoms with Crippen molar-refractivity contribution < 1.29 is 27.5 Å². The number of carbonyl (C=O) groups excluding carboxylic acids is 2. The Kier molecular flexibility index (Phi) is 12.1. The number of carbonyl (C=O) groups is 2. The number of sulfonamides is 1. The normalized spacial score (nSPS) is 11.8. The number of anilines is 1. The monoisotopic (exact) mass is 615 g/mol. The highest BCUT2D eigenvalue weighted by molar-refractivity contribution is 7.92. The smallest absolute Gasteiger partial charge is 0.264 e. The van der Waals surface area contributed by atoms with Gasteiger partial charge in [-0.05, 0) is 73.0 Å². The van der Waals surface area contributed by atoms with Crippen molar-refractivity contribution in [1.29, 1.82) is 0 Å². The Balaban J connectivity index is 2.05. The lowest BCUT2D eigenvalue weighted by molar-refractivity contribution is -0.140. The fourth-order valence-electron chi connectivity index (χ4n) is 4.43. The number of hydrogen-bond donors (Lipinski definition) is 1. The Labute approximate surface area is 253 Å². The molecule has 0 heterocycles. The van der Waals surface area contributed by atoms with Crippen LogP contribution in [0, 0.1) is 0 Å². The van der Waals surface area contributed by atoms with Crippen LogP contribution in [0.15, 0.2) is 77.7 Å². The largest absolute Gasteiger partial charge is 0.497 e. The predicted molar refractivity (Wildman–Crippen MR) is 165 cm³/mol. The maximum absolute atomic E-state index is 14.1. The standard InChI is InChI=1S/C31H38ClN3O6S/c1-5-7-18-33-31(37)29(6-2)34(21-23-10-8-13-27(19-23)41-4)30(36)22-35(25-12-9-11-24(32)20-25)42(38,39)28-16-14-26(40-3)15-17-28/h8-17,19-20,29H,5-7,18,21-22H2,1-4H3,(H,33,37). The Morgan fingerprint density at radius 1 is 0.929 bits per heavy atom. The quantitative estimate of drug-likeness (QED) is 0.233. The molecule has 9 nitrogen and oxygen atoms in total. The van der Waals surface area contributed by atoms with Crippen LogP contribution in [0.3, 0.4) is 0 Å². The molecule has 3 aromatic rings. The van der Waals surface area contributed by atoms with Crippen molar-refractivity contribution in [1.82, 2.24) is 10.2 Å². The third-order valence-electron chi connectivity index (χ3n) is 6.73. The summed E-state index contributed by atoms with van der Waals surface area (Å²) in [5, 5.41) is 3.23. The minimum atomic E-state index is -4.23. The zero-order valence-electron chi connectivity index (χ0n) is 24.4. The van der Waals surface area contributed by atoms with Gasteiger partial charge in [0.2, 0.25) is 11.8 Å². The molecule has 0 aromatic heterocycles. The van der Waals surface area contributed by atoms with E-state index in [2.05, 4.69) is 5.32 Å². The number of nitrogens with zero attached hydrogens (tertiary/aromatic N) is 2. The van der Waals surface area contributed by atoms with Gasteiger partial charge in [-0.15, -0.1) is 0 Å². The molecule has 3 rings (SSSR count). The number of amides is 2. The lowest BCUT2D eigenvalue weighted by Crippen LogP contribution is -2.52. The molecule has 0 saturated carbocycles. The highest BCUT2D eigenvalue weighted by Gasteiger charge is 2.33. The van der Waals surface area contributed by atoms with Crippen LogP contribution in [0.1, 0.15) is 38.7 Å². The van der Waals surface area contributed by atoms with Gasteiger partial charge in [-0.3, -0.25) is 13.9 Å². The Hall–Kier alpha value is -3.76. The lowest BCUT2D eigenvalue weighted by Gasteiger charge is -2.33. The Bertz CT molecular complexity index is 1450. The Morgan fingerprint density at radius 3 is 2.24 bits per heavy atom. The maximum Gasteiger partial charge on any atom is 0.264 e. The third kappa shape index (κ3) is 8.39. The van der Waals surface area contributed by atoms with Crippen LogP contribution in [0.2, 0.25) is 5.02 Å². The molecule has 3 aromatic carbocycles. The molecule has 42 heavy (non-hydrogen) atoms. The number of unbranched alkanes of at least 4 members (excludes halogenated alkanes) is 1. The molecule has 2 amide bonds. The molecule has 226 valence electrons. The van der Waals surface area contributed by atoms with E-state index in [-0.39, 0.29) is 23.0 Å². The van der Waals surface area contributed by atoms with E-state index in [0.29, 0.717) is 29.5 Å². The van der Waals surface area contributed by atoms with E-state index in [1.165, 1.54) is 42.3 Å². The van der Waals surface area contributed by atoms with E-state index < -0.39 is 28.5 Å². The number of nitrogens with one attached hydrogen (secondary N) is 1. The van der Waals surface area contributed by atoms with Crippen molar-refractivity contribution in [3.05, 3.63) is 83.4 Å². The molecule has 0 radical (unpaired) electrons. The van der Waals surface area contributed by atoms with Gasteiger partial charge in [0.15, 0.2) is 0 Å². The summed E-state index contributed by atoms with van der Waals surface area (Å²) in [5.74, 6) is 0.244. The van der Waals surface area contributed by atoms with Crippen LogP contribution in [-0.2, 0) is 26.2 Å². The van der Waals surface area contributed by atoms with E-state index in [1.807, 2.05) is 19.9 Å². The van der Waals surface area contributed by atoms with Crippen molar-refractivity contribution in [2.45, 2.75) is 50.6 Å². The van der Waals surface area contributed by atoms with E-state index in [4.69, 9.17) is 21.1 Å². The summed E-state index contributed by atoms with van der Waals surface area (Å²) in [6, 6.07) is 18.6. The molecule has 0 aliphatic rings. The fraction of sp³-hybridized carbons (Fsp3) is 0.355. The van der Waals surface area contributed by atoms with Gasteiger partial charge >= 0.3 is 0 Å². The van der Waals surface area contributed by atoms with Crippen molar-refractivity contribution in [3.63, 3.8) is 0 Å². The van der Waals surface area contributed by atoms with E-state index in [9.17, 15) is 18.0 Å². The summed E-state index contributed by atoms with van der Waals surface area (Å²) in [6.45, 7) is 3.83. The average molecular weight is 616 g/mol. The van der Waals surface area contributed by atoms with Gasteiger partial charge in [0.05, 0.1) is 24.8 Å². The zero-order valence-corrected chi connectivity index (χ0v) is 26.0. The van der Waals surface area contributed by atoms with Crippen molar-refractivity contribution in [2.24, 2.45) is 0 Å². The maximum atomic E-state index is 14.1. The zero-order chi connectivity index (χ0) is 30.7. The highest BCUT2D eigenvalue weighted by atomic mass is 35.5. The molecule has 0 bridgehead atoms. The van der Waals surface area contributed by atoms with Crippen LogP contribution in [0.25, 0.3) is 0 Å². The topological polar surface area (TPSA) is 105 Å². The molecule has 0 saturated heterocycles. The van der Waals surface area contributed by atoms with E-state index in [1.54, 1.807) is 43.5 Å². The molecule has 1 N–H and O–H groups in total. The van der Waals surface area contributed by atoms with Gasteiger partial charge in [0.25, 0.3) is 10.0 Å². The third-order valence-corrected chi connectivity index (χ3v) is 8.75. The number of ether oxygens (including phenoxy) is 2. The van der Waals surface area contributed by atoms with Crippen molar-refractivity contribution >= 4 is 39.1 Å². The van der Waals surface area contributed by atoms with Crippen LogP contribution in [-0.4, -0.2) is 58.5 Å². The van der Waals surface area contributed by atoms with Crippen LogP contribution >= 0.6 is 11.6 Å². The van der Waals surface area contributed by atoms with Crippen LogP contribution in [0.5, 0.6) is 11.5 Å². The number of halogens is 1. The second-order valence-corrected chi connectivity index (χ2v) is 11.9. The van der Waals surface area contributed by atoms with E-state index >= 15 is 0 Å². The number of rotatable bonds is 15. The molecule has 11 heteroatoms. The first-order valence-electron chi connectivity index (χ1n) is 13.8. The molecule has 0 aliphatic heterocycles. The molecule has 1 unspecified atom stereocenters. The number of benzene rings is 3. The second kappa shape index (κ2) is 15.5. The molecule has 1 atom stereocenters. The lowest BCUT2D eigenvalue weighted by atomic mass is 10.1. The van der Waals surface area contributed by atoms with Gasteiger partial charge in [0.1, 0.15) is 24.1 Å². The number of methoxy groups -OCH3 is 2. The molecule has 0 aliphatic carbocycles. The Morgan fingerprint density at radius 2 is 1.62 bits per heavy atom. The van der Waals surface area contributed by atoms with Gasteiger partial charge in [-0.25, -0.2) is 8.42 Å². The van der Waals surface area contributed by atoms with Gasteiger partial charge in [-0.2, -0.15) is 0 Å². The summed E-state index contributed by atoms with van der Waals surface area (Å²) in [7, 11) is -1.19. The summed E-state index contributed by atoms with van der Waals surface area (Å²) in [6.07, 6.45) is 2.03. The predicted octanol–water partition coefficient (Wildman–Crippen LogP) is 5.28. The molecular formula is C31H38ClN3O6S. The first-order chi connectivity index (χ1) is 20.1. The summed E-state index contributed by atoms with van der Waals surface area (Å²) >= 11 is 6.24. The van der Waals surface area contributed by atoms with Gasteiger partial charge in [0, 0.05) is 18.1 Å².